The molecular formula is C20H28N6O. The maximum atomic E-state index is 13.1. The lowest BCUT2D eigenvalue weighted by atomic mass is 9.85. The molecular weight excluding hydrogens is 340 g/mol. The number of nitrogens with zero attached hydrogens (tertiary/aromatic N) is 6. The number of imidazole rings is 1. The molecule has 1 saturated carbocycles. The molecule has 2 aliphatic heterocycles. The summed E-state index contributed by atoms with van der Waals surface area (Å²) < 4.78 is 4.37. The average Bonchev–Trinajstić information content (AvgIpc) is 3.31. The lowest BCUT2D eigenvalue weighted by Gasteiger charge is -2.33. The van der Waals surface area contributed by atoms with Gasteiger partial charge in [0.2, 0.25) is 5.82 Å². The first-order valence-electron chi connectivity index (χ1n) is 10.5. The molecule has 27 heavy (non-hydrogen) atoms. The Hall–Kier alpha value is -2.18. The number of fused-ring (bicyclic) bond motifs is 1. The van der Waals surface area contributed by atoms with E-state index in [0.29, 0.717) is 11.7 Å². The Kier molecular flexibility index (Phi) is 4.45. The number of aromatic nitrogens is 5. The molecule has 0 radical (unpaired) electrons. The first-order valence-corrected chi connectivity index (χ1v) is 10.5. The predicted octanol–water partition coefficient (Wildman–Crippen LogP) is 2.63. The van der Waals surface area contributed by atoms with Crippen molar-refractivity contribution in [1.29, 1.82) is 0 Å². The van der Waals surface area contributed by atoms with E-state index >= 15 is 0 Å². The van der Waals surface area contributed by atoms with E-state index in [1.165, 1.54) is 19.3 Å². The lowest BCUT2D eigenvalue weighted by Crippen LogP contribution is -2.41. The van der Waals surface area contributed by atoms with Gasteiger partial charge in [-0.15, -0.1) is 10.2 Å². The number of carbonyl (C=O) groups is 1. The van der Waals surface area contributed by atoms with Crippen molar-refractivity contribution in [1.82, 2.24) is 29.2 Å². The lowest BCUT2D eigenvalue weighted by molar-refractivity contribution is 0.0683. The van der Waals surface area contributed by atoms with Crippen LogP contribution < -0.4 is 0 Å². The van der Waals surface area contributed by atoms with Crippen molar-refractivity contribution >= 4 is 5.91 Å². The minimum atomic E-state index is 0.0393. The van der Waals surface area contributed by atoms with Gasteiger partial charge in [0.1, 0.15) is 11.6 Å². The number of rotatable bonds is 4. The van der Waals surface area contributed by atoms with Crippen LogP contribution >= 0.6 is 0 Å². The van der Waals surface area contributed by atoms with Crippen LogP contribution in [0, 0.1) is 5.92 Å². The van der Waals surface area contributed by atoms with E-state index < -0.39 is 0 Å². The topological polar surface area (TPSA) is 68.8 Å². The van der Waals surface area contributed by atoms with Crippen LogP contribution in [0.2, 0.25) is 0 Å². The van der Waals surface area contributed by atoms with Crippen LogP contribution in [0.1, 0.15) is 73.1 Å². The molecule has 4 heterocycles. The number of hydrogen-bond acceptors (Lipinski definition) is 4. The smallest absolute Gasteiger partial charge is 0.291 e. The van der Waals surface area contributed by atoms with E-state index in [1.54, 1.807) is 0 Å². The molecule has 2 fully saturated rings. The molecule has 0 aromatic carbocycles. The number of carbonyl (C=O) groups excluding carboxylic acids is 1. The second kappa shape index (κ2) is 7.09. The van der Waals surface area contributed by atoms with Crippen molar-refractivity contribution in [3.8, 4) is 0 Å². The van der Waals surface area contributed by atoms with Crippen molar-refractivity contribution in [2.75, 3.05) is 13.1 Å². The third-order valence-corrected chi connectivity index (χ3v) is 6.55. The highest BCUT2D eigenvalue weighted by molar-refractivity contribution is 5.90. The fourth-order valence-corrected chi connectivity index (χ4v) is 4.77. The highest BCUT2D eigenvalue weighted by Gasteiger charge is 2.32. The summed E-state index contributed by atoms with van der Waals surface area (Å²) in [7, 11) is 0. The molecule has 2 aromatic rings. The van der Waals surface area contributed by atoms with Crippen molar-refractivity contribution in [3.05, 3.63) is 29.9 Å². The SMILES string of the molecule is O=C(c1nnc2n1CCCC2)N1CCC[C@H](c2nccn2CC2CCC2)C1. The van der Waals surface area contributed by atoms with E-state index in [9.17, 15) is 4.79 Å². The molecule has 1 amide bonds. The van der Waals surface area contributed by atoms with E-state index in [-0.39, 0.29) is 5.91 Å². The van der Waals surface area contributed by atoms with Gasteiger partial charge in [-0.25, -0.2) is 4.98 Å². The first-order chi connectivity index (χ1) is 13.3. The van der Waals surface area contributed by atoms with E-state index in [1.807, 2.05) is 15.7 Å². The second-order valence-corrected chi connectivity index (χ2v) is 8.37. The minimum Gasteiger partial charge on any atom is -0.335 e. The van der Waals surface area contributed by atoms with Crippen LogP contribution in [0.15, 0.2) is 12.4 Å². The van der Waals surface area contributed by atoms with Gasteiger partial charge in [-0.1, -0.05) is 6.42 Å². The molecule has 0 unspecified atom stereocenters. The summed E-state index contributed by atoms with van der Waals surface area (Å²) in [5.74, 6) is 3.82. The standard InChI is InChI=1S/C20H28N6O/c27-20(19-23-22-17-8-1-2-11-26(17)19)25-10-4-7-16(14-25)18-21-9-12-24(18)13-15-5-3-6-15/h9,12,15-16H,1-8,10-11,13-14H2/t16-/m0/s1. The predicted molar refractivity (Wildman–Crippen MR) is 100 cm³/mol. The van der Waals surface area contributed by atoms with Gasteiger partial charge >= 0.3 is 0 Å². The maximum Gasteiger partial charge on any atom is 0.291 e. The summed E-state index contributed by atoms with van der Waals surface area (Å²) >= 11 is 0. The second-order valence-electron chi connectivity index (χ2n) is 8.37. The van der Waals surface area contributed by atoms with Crippen LogP contribution in [0.4, 0.5) is 0 Å². The Labute approximate surface area is 159 Å². The van der Waals surface area contributed by atoms with Gasteiger partial charge in [-0.05, 0) is 44.4 Å². The van der Waals surface area contributed by atoms with Gasteiger partial charge in [-0.2, -0.15) is 0 Å². The highest BCUT2D eigenvalue weighted by atomic mass is 16.2. The zero-order valence-corrected chi connectivity index (χ0v) is 15.9. The highest BCUT2D eigenvalue weighted by Crippen LogP contribution is 2.31. The average molecular weight is 368 g/mol. The summed E-state index contributed by atoms with van der Waals surface area (Å²) in [5.41, 5.74) is 0. The number of amides is 1. The van der Waals surface area contributed by atoms with Crippen molar-refractivity contribution in [2.24, 2.45) is 5.92 Å². The maximum absolute atomic E-state index is 13.1. The summed E-state index contributed by atoms with van der Waals surface area (Å²) in [5, 5.41) is 8.49. The summed E-state index contributed by atoms with van der Waals surface area (Å²) in [4.78, 5) is 19.8. The summed E-state index contributed by atoms with van der Waals surface area (Å²) in [6.45, 7) is 3.49. The Morgan fingerprint density at radius 1 is 1.07 bits per heavy atom. The normalized spacial score (nSPS) is 23.1. The third-order valence-electron chi connectivity index (χ3n) is 6.55. The number of hydrogen-bond donors (Lipinski definition) is 0. The number of likely N-dealkylation sites (tertiary alicyclic amines) is 1. The van der Waals surface area contributed by atoms with E-state index in [4.69, 9.17) is 0 Å². The number of aryl methyl sites for hydroxylation is 1. The molecule has 0 N–H and O–H groups in total. The Morgan fingerprint density at radius 3 is 2.85 bits per heavy atom. The van der Waals surface area contributed by atoms with Gasteiger partial charge in [0, 0.05) is 50.9 Å². The number of piperidine rings is 1. The quantitative estimate of drug-likeness (QED) is 0.832. The van der Waals surface area contributed by atoms with Crippen LogP contribution in [0.25, 0.3) is 0 Å². The van der Waals surface area contributed by atoms with Gasteiger partial charge in [0.15, 0.2) is 0 Å². The Balaban J connectivity index is 1.32. The minimum absolute atomic E-state index is 0.0393. The fourth-order valence-electron chi connectivity index (χ4n) is 4.77. The van der Waals surface area contributed by atoms with Gasteiger partial charge in [0.25, 0.3) is 5.91 Å². The summed E-state index contributed by atoms with van der Waals surface area (Å²) in [6, 6.07) is 0. The van der Waals surface area contributed by atoms with Crippen LogP contribution in [0.3, 0.4) is 0 Å². The molecule has 144 valence electrons. The zero-order valence-electron chi connectivity index (χ0n) is 15.9. The van der Waals surface area contributed by atoms with Crippen molar-refractivity contribution < 1.29 is 4.79 Å². The van der Waals surface area contributed by atoms with E-state index in [0.717, 1.165) is 75.8 Å². The van der Waals surface area contributed by atoms with E-state index in [2.05, 4.69) is 25.9 Å². The van der Waals surface area contributed by atoms with Gasteiger partial charge in [-0.3, -0.25) is 4.79 Å². The Morgan fingerprint density at radius 2 is 2.00 bits per heavy atom. The van der Waals surface area contributed by atoms with Gasteiger partial charge < -0.3 is 14.0 Å². The molecule has 7 nitrogen and oxygen atoms in total. The largest absolute Gasteiger partial charge is 0.335 e. The Bertz CT molecular complexity index is 820. The molecule has 7 heteroatoms. The van der Waals surface area contributed by atoms with Crippen molar-refractivity contribution in [3.63, 3.8) is 0 Å². The molecule has 0 bridgehead atoms. The fraction of sp³-hybridized carbons (Fsp3) is 0.700. The molecule has 3 aliphatic rings. The van der Waals surface area contributed by atoms with Crippen LogP contribution in [0.5, 0.6) is 0 Å². The summed E-state index contributed by atoms with van der Waals surface area (Å²) in [6.07, 6.45) is 13.4. The molecule has 5 rings (SSSR count). The molecule has 1 saturated heterocycles. The third kappa shape index (κ3) is 3.17. The van der Waals surface area contributed by atoms with Crippen LogP contribution in [-0.4, -0.2) is 48.2 Å². The first kappa shape index (κ1) is 17.0. The van der Waals surface area contributed by atoms with Crippen LogP contribution in [-0.2, 0) is 19.5 Å². The van der Waals surface area contributed by atoms with Crippen molar-refractivity contribution in [2.45, 2.75) is 70.4 Å². The molecule has 1 aliphatic carbocycles. The monoisotopic (exact) mass is 368 g/mol. The zero-order chi connectivity index (χ0) is 18.2. The molecule has 2 aromatic heterocycles. The molecule has 1 atom stereocenters. The molecule has 0 spiro atoms. The van der Waals surface area contributed by atoms with Gasteiger partial charge in [0.05, 0.1) is 0 Å².